The number of aliphatic hydroxyl groups is 1. The fraction of sp³-hybridized carbons (Fsp3) is 1.00. The summed E-state index contributed by atoms with van der Waals surface area (Å²) in [4.78, 5) is 0. The van der Waals surface area contributed by atoms with Crippen LogP contribution in [0.15, 0.2) is 0 Å². The lowest BCUT2D eigenvalue weighted by atomic mass is 10.2. The quantitative estimate of drug-likeness (QED) is 0.608. The summed E-state index contributed by atoms with van der Waals surface area (Å²) in [6.45, 7) is 5.03. The van der Waals surface area contributed by atoms with Crippen LogP contribution in [0.2, 0.25) is 0 Å². The van der Waals surface area contributed by atoms with Crippen molar-refractivity contribution in [2.45, 2.75) is 38.1 Å². The van der Waals surface area contributed by atoms with Crippen molar-refractivity contribution in [1.82, 2.24) is 5.32 Å². The van der Waals surface area contributed by atoms with Crippen LogP contribution in [-0.2, 0) is 14.2 Å². The number of ether oxygens (including phenoxy) is 3. The lowest BCUT2D eigenvalue weighted by Crippen LogP contribution is -2.35. The topological polar surface area (TPSA) is 60.0 Å². The van der Waals surface area contributed by atoms with Crippen molar-refractivity contribution >= 4 is 0 Å². The maximum Gasteiger partial charge on any atom is 0.0897 e. The van der Waals surface area contributed by atoms with Gasteiger partial charge in [-0.1, -0.05) is 0 Å². The average molecular weight is 247 g/mol. The zero-order chi connectivity index (χ0) is 12.5. The van der Waals surface area contributed by atoms with Gasteiger partial charge in [-0.05, 0) is 19.8 Å². The minimum atomic E-state index is -0.472. The third kappa shape index (κ3) is 6.95. The molecule has 1 heterocycles. The normalized spacial score (nSPS) is 23.8. The van der Waals surface area contributed by atoms with Crippen LogP contribution in [0.3, 0.4) is 0 Å². The largest absolute Gasteiger partial charge is 0.389 e. The zero-order valence-electron chi connectivity index (χ0n) is 10.9. The Kier molecular flexibility index (Phi) is 7.72. The molecule has 3 atom stereocenters. The molecule has 1 rings (SSSR count). The molecule has 5 heteroatoms. The first-order valence-corrected chi connectivity index (χ1v) is 6.33. The van der Waals surface area contributed by atoms with E-state index in [2.05, 4.69) is 5.32 Å². The monoisotopic (exact) mass is 247 g/mol. The summed E-state index contributed by atoms with van der Waals surface area (Å²) in [6.07, 6.45) is 2.10. The number of methoxy groups -OCH3 is 1. The van der Waals surface area contributed by atoms with Gasteiger partial charge in [0.25, 0.3) is 0 Å². The van der Waals surface area contributed by atoms with Gasteiger partial charge in [0.05, 0.1) is 31.5 Å². The van der Waals surface area contributed by atoms with Crippen molar-refractivity contribution in [1.29, 1.82) is 0 Å². The minimum absolute atomic E-state index is 0.162. The molecule has 3 unspecified atom stereocenters. The second-order valence-electron chi connectivity index (χ2n) is 4.53. The van der Waals surface area contributed by atoms with Crippen molar-refractivity contribution in [3.63, 3.8) is 0 Å². The van der Waals surface area contributed by atoms with Crippen LogP contribution in [-0.4, -0.2) is 63.4 Å². The van der Waals surface area contributed by atoms with Crippen LogP contribution in [0, 0.1) is 0 Å². The molecule has 0 spiro atoms. The zero-order valence-corrected chi connectivity index (χ0v) is 10.9. The average Bonchev–Trinajstić information content (AvgIpc) is 2.82. The van der Waals surface area contributed by atoms with Crippen LogP contribution in [0.5, 0.6) is 0 Å². The van der Waals surface area contributed by atoms with Crippen molar-refractivity contribution in [3.05, 3.63) is 0 Å². The first-order chi connectivity index (χ1) is 8.22. The second-order valence-corrected chi connectivity index (χ2v) is 4.53. The van der Waals surface area contributed by atoms with Gasteiger partial charge in [-0.3, -0.25) is 0 Å². The molecule has 0 bridgehead atoms. The Morgan fingerprint density at radius 1 is 1.47 bits per heavy atom. The standard InChI is InChI=1S/C12H25NO4/c1-10(15-2)6-13-7-11(14)8-16-9-12-4-3-5-17-12/h10-14H,3-9H2,1-2H3. The Morgan fingerprint density at radius 3 is 2.94 bits per heavy atom. The molecular weight excluding hydrogens is 222 g/mol. The second kappa shape index (κ2) is 8.83. The Bertz CT molecular complexity index is 185. The first kappa shape index (κ1) is 14.9. The van der Waals surface area contributed by atoms with E-state index in [4.69, 9.17) is 14.2 Å². The van der Waals surface area contributed by atoms with Crippen LogP contribution >= 0.6 is 0 Å². The van der Waals surface area contributed by atoms with E-state index in [1.165, 1.54) is 0 Å². The highest BCUT2D eigenvalue weighted by molar-refractivity contribution is 4.65. The molecule has 1 aliphatic heterocycles. The summed E-state index contributed by atoms with van der Waals surface area (Å²) in [5.74, 6) is 0. The molecule has 0 aliphatic carbocycles. The third-order valence-corrected chi connectivity index (χ3v) is 2.85. The van der Waals surface area contributed by atoms with Gasteiger partial charge in [0.2, 0.25) is 0 Å². The molecule has 2 N–H and O–H groups in total. The molecule has 0 saturated carbocycles. The highest BCUT2D eigenvalue weighted by Crippen LogP contribution is 2.11. The van der Waals surface area contributed by atoms with E-state index in [1.54, 1.807) is 7.11 Å². The summed E-state index contributed by atoms with van der Waals surface area (Å²) in [5, 5.41) is 12.8. The van der Waals surface area contributed by atoms with Crippen LogP contribution in [0.4, 0.5) is 0 Å². The Hall–Kier alpha value is -0.200. The highest BCUT2D eigenvalue weighted by Gasteiger charge is 2.16. The van der Waals surface area contributed by atoms with E-state index in [9.17, 15) is 5.11 Å². The molecule has 1 saturated heterocycles. The van der Waals surface area contributed by atoms with E-state index in [-0.39, 0.29) is 12.2 Å². The molecule has 1 aliphatic rings. The van der Waals surface area contributed by atoms with Crippen molar-refractivity contribution in [3.8, 4) is 0 Å². The number of nitrogens with one attached hydrogen (secondary N) is 1. The summed E-state index contributed by atoms with van der Waals surface area (Å²) in [5.41, 5.74) is 0. The van der Waals surface area contributed by atoms with E-state index in [0.29, 0.717) is 19.8 Å². The highest BCUT2D eigenvalue weighted by atomic mass is 16.5. The van der Waals surface area contributed by atoms with Gasteiger partial charge in [-0.2, -0.15) is 0 Å². The molecule has 0 radical (unpaired) electrons. The predicted octanol–water partition coefficient (Wildman–Crippen LogP) is 0.167. The van der Waals surface area contributed by atoms with Crippen molar-refractivity contribution in [2.24, 2.45) is 0 Å². The smallest absolute Gasteiger partial charge is 0.0897 e. The maximum absolute atomic E-state index is 9.64. The van der Waals surface area contributed by atoms with Gasteiger partial charge in [0.15, 0.2) is 0 Å². The summed E-state index contributed by atoms with van der Waals surface area (Å²) >= 11 is 0. The number of hydrogen-bond donors (Lipinski definition) is 2. The van der Waals surface area contributed by atoms with Crippen molar-refractivity contribution < 1.29 is 19.3 Å². The van der Waals surface area contributed by atoms with E-state index < -0.39 is 6.10 Å². The third-order valence-electron chi connectivity index (χ3n) is 2.85. The molecule has 102 valence electrons. The molecular formula is C12H25NO4. The molecule has 0 amide bonds. The summed E-state index contributed by atoms with van der Waals surface area (Å²) in [6, 6.07) is 0. The number of hydrogen-bond acceptors (Lipinski definition) is 5. The molecule has 0 aromatic rings. The van der Waals surface area contributed by atoms with Crippen LogP contribution in [0.1, 0.15) is 19.8 Å². The SMILES string of the molecule is COC(C)CNCC(O)COCC1CCCO1. The van der Waals surface area contributed by atoms with E-state index >= 15 is 0 Å². The summed E-state index contributed by atoms with van der Waals surface area (Å²) in [7, 11) is 1.67. The lowest BCUT2D eigenvalue weighted by molar-refractivity contribution is -0.0170. The molecule has 0 aromatic carbocycles. The Labute approximate surface area is 103 Å². The molecule has 0 aromatic heterocycles. The van der Waals surface area contributed by atoms with Gasteiger partial charge in [-0.25, -0.2) is 0 Å². The first-order valence-electron chi connectivity index (χ1n) is 6.33. The molecule has 5 nitrogen and oxygen atoms in total. The Balaban J connectivity index is 1.91. The number of rotatable bonds is 9. The van der Waals surface area contributed by atoms with Gasteiger partial charge in [0, 0.05) is 26.8 Å². The van der Waals surface area contributed by atoms with Gasteiger partial charge in [-0.15, -0.1) is 0 Å². The predicted molar refractivity (Wildman–Crippen MR) is 65.1 cm³/mol. The van der Waals surface area contributed by atoms with Crippen LogP contribution in [0.25, 0.3) is 0 Å². The molecule has 1 fully saturated rings. The van der Waals surface area contributed by atoms with Gasteiger partial charge in [0.1, 0.15) is 0 Å². The minimum Gasteiger partial charge on any atom is -0.389 e. The molecule has 17 heavy (non-hydrogen) atoms. The Morgan fingerprint density at radius 2 is 2.29 bits per heavy atom. The number of aliphatic hydroxyl groups excluding tert-OH is 1. The van der Waals surface area contributed by atoms with E-state index in [0.717, 1.165) is 26.0 Å². The van der Waals surface area contributed by atoms with Crippen LogP contribution < -0.4 is 5.32 Å². The van der Waals surface area contributed by atoms with Gasteiger partial charge >= 0.3 is 0 Å². The summed E-state index contributed by atoms with van der Waals surface area (Å²) < 4.78 is 15.9. The maximum atomic E-state index is 9.64. The van der Waals surface area contributed by atoms with E-state index in [1.807, 2.05) is 6.92 Å². The fourth-order valence-corrected chi connectivity index (χ4v) is 1.71. The van der Waals surface area contributed by atoms with Crippen molar-refractivity contribution in [2.75, 3.05) is 40.0 Å². The lowest BCUT2D eigenvalue weighted by Gasteiger charge is -2.16. The fourth-order valence-electron chi connectivity index (χ4n) is 1.71. The van der Waals surface area contributed by atoms with Gasteiger partial charge < -0.3 is 24.6 Å².